The number of methoxy groups -OCH3 is 2. The van der Waals surface area contributed by atoms with Crippen molar-refractivity contribution in [1.82, 2.24) is 4.98 Å². The summed E-state index contributed by atoms with van der Waals surface area (Å²) in [6.07, 6.45) is 0.897. The van der Waals surface area contributed by atoms with Gasteiger partial charge in [-0.3, -0.25) is 0 Å². The molecule has 0 saturated heterocycles. The van der Waals surface area contributed by atoms with Crippen LogP contribution in [0.25, 0.3) is 0 Å². The highest BCUT2D eigenvalue weighted by atomic mass is 16.5. The van der Waals surface area contributed by atoms with Gasteiger partial charge in [-0.05, 0) is 12.5 Å². The Bertz CT molecular complexity index is 302. The van der Waals surface area contributed by atoms with E-state index in [9.17, 15) is 0 Å². The highest BCUT2D eigenvalue weighted by Crippen LogP contribution is 2.19. The van der Waals surface area contributed by atoms with E-state index in [4.69, 9.17) is 14.2 Å². The maximum Gasteiger partial charge on any atom is 0.219 e. The Morgan fingerprint density at radius 3 is 2.60 bits per heavy atom. The molecule has 0 aliphatic carbocycles. The number of ether oxygens (including phenoxy) is 3. The summed E-state index contributed by atoms with van der Waals surface area (Å²) in [7, 11) is 3.25. The summed E-state index contributed by atoms with van der Waals surface area (Å²) in [6.45, 7) is 3.11. The number of aromatic nitrogens is 1. The summed E-state index contributed by atoms with van der Waals surface area (Å²) in [6, 6.07) is 3.81. The minimum atomic E-state index is 0.498. The average molecular weight is 211 g/mol. The number of nitrogens with zero attached hydrogens (tertiary/aromatic N) is 1. The van der Waals surface area contributed by atoms with E-state index >= 15 is 0 Å². The molecule has 0 N–H and O–H groups in total. The van der Waals surface area contributed by atoms with Gasteiger partial charge in [-0.2, -0.15) is 4.98 Å². The third-order valence-electron chi connectivity index (χ3n) is 2.03. The van der Waals surface area contributed by atoms with Crippen molar-refractivity contribution in [2.75, 3.05) is 27.4 Å². The molecule has 1 aromatic heterocycles. The molecular formula is C11H17NO3. The number of rotatable bonds is 6. The summed E-state index contributed by atoms with van der Waals surface area (Å²) >= 11 is 0. The van der Waals surface area contributed by atoms with Crippen molar-refractivity contribution in [1.29, 1.82) is 0 Å². The Kier molecular flexibility index (Phi) is 4.90. The van der Waals surface area contributed by atoms with Crippen LogP contribution in [0.4, 0.5) is 0 Å². The van der Waals surface area contributed by atoms with Gasteiger partial charge in [0, 0.05) is 18.7 Å². The first-order valence-corrected chi connectivity index (χ1v) is 4.97. The van der Waals surface area contributed by atoms with Crippen LogP contribution in [0, 0.1) is 0 Å². The SMILES string of the molecule is CCc1ccc(OCCOC)nc1OC. The fourth-order valence-corrected chi connectivity index (χ4v) is 1.21. The number of hydrogen-bond donors (Lipinski definition) is 0. The van der Waals surface area contributed by atoms with Crippen LogP contribution in [-0.4, -0.2) is 32.4 Å². The maximum atomic E-state index is 5.37. The third kappa shape index (κ3) is 3.40. The highest BCUT2D eigenvalue weighted by Gasteiger charge is 2.04. The first-order valence-electron chi connectivity index (χ1n) is 4.97. The molecule has 0 spiro atoms. The van der Waals surface area contributed by atoms with Crippen molar-refractivity contribution in [3.8, 4) is 11.8 Å². The van der Waals surface area contributed by atoms with E-state index in [1.54, 1.807) is 14.2 Å². The molecule has 84 valence electrons. The molecule has 0 unspecified atom stereocenters. The van der Waals surface area contributed by atoms with E-state index < -0.39 is 0 Å². The van der Waals surface area contributed by atoms with Crippen LogP contribution in [0.1, 0.15) is 12.5 Å². The third-order valence-corrected chi connectivity index (χ3v) is 2.03. The zero-order valence-corrected chi connectivity index (χ0v) is 9.45. The van der Waals surface area contributed by atoms with Crippen LogP contribution in [-0.2, 0) is 11.2 Å². The average Bonchev–Trinajstić information content (AvgIpc) is 2.29. The lowest BCUT2D eigenvalue weighted by Gasteiger charge is -2.08. The monoisotopic (exact) mass is 211 g/mol. The van der Waals surface area contributed by atoms with Gasteiger partial charge in [-0.15, -0.1) is 0 Å². The van der Waals surface area contributed by atoms with Crippen molar-refractivity contribution in [2.24, 2.45) is 0 Å². The van der Waals surface area contributed by atoms with Gasteiger partial charge in [0.2, 0.25) is 11.8 Å². The van der Waals surface area contributed by atoms with Crippen LogP contribution >= 0.6 is 0 Å². The second-order valence-corrected chi connectivity index (χ2v) is 3.01. The molecule has 1 rings (SSSR count). The second kappa shape index (κ2) is 6.24. The van der Waals surface area contributed by atoms with Gasteiger partial charge >= 0.3 is 0 Å². The predicted octanol–water partition coefficient (Wildman–Crippen LogP) is 1.68. The number of pyridine rings is 1. The zero-order valence-electron chi connectivity index (χ0n) is 9.45. The van der Waals surface area contributed by atoms with Crippen molar-refractivity contribution >= 4 is 0 Å². The maximum absolute atomic E-state index is 5.37. The lowest BCUT2D eigenvalue weighted by molar-refractivity contribution is 0.143. The molecule has 0 fully saturated rings. The normalized spacial score (nSPS) is 10.1. The Balaban J connectivity index is 2.66. The van der Waals surface area contributed by atoms with Crippen LogP contribution in [0.15, 0.2) is 12.1 Å². The van der Waals surface area contributed by atoms with Gasteiger partial charge < -0.3 is 14.2 Å². The molecule has 0 saturated carbocycles. The van der Waals surface area contributed by atoms with Gasteiger partial charge in [0.1, 0.15) is 6.61 Å². The molecule has 0 radical (unpaired) electrons. The fourth-order valence-electron chi connectivity index (χ4n) is 1.21. The smallest absolute Gasteiger partial charge is 0.219 e. The molecule has 15 heavy (non-hydrogen) atoms. The van der Waals surface area contributed by atoms with Gasteiger partial charge in [0.15, 0.2) is 0 Å². The van der Waals surface area contributed by atoms with E-state index in [1.807, 2.05) is 12.1 Å². The van der Waals surface area contributed by atoms with Crippen LogP contribution in [0.2, 0.25) is 0 Å². The van der Waals surface area contributed by atoms with Crippen LogP contribution in [0.5, 0.6) is 11.8 Å². The van der Waals surface area contributed by atoms with Gasteiger partial charge in [0.05, 0.1) is 13.7 Å². The quantitative estimate of drug-likeness (QED) is 0.671. The summed E-state index contributed by atoms with van der Waals surface area (Å²) in [5, 5.41) is 0. The summed E-state index contributed by atoms with van der Waals surface area (Å²) in [5.74, 6) is 1.20. The van der Waals surface area contributed by atoms with E-state index in [-0.39, 0.29) is 0 Å². The fraction of sp³-hybridized carbons (Fsp3) is 0.545. The molecule has 1 aromatic rings. The van der Waals surface area contributed by atoms with E-state index in [0.717, 1.165) is 12.0 Å². The van der Waals surface area contributed by atoms with E-state index in [1.165, 1.54) is 0 Å². The van der Waals surface area contributed by atoms with E-state index in [0.29, 0.717) is 25.0 Å². The van der Waals surface area contributed by atoms with Crippen LogP contribution < -0.4 is 9.47 Å². The molecule has 0 aliphatic heterocycles. The lowest BCUT2D eigenvalue weighted by atomic mass is 10.2. The van der Waals surface area contributed by atoms with Crippen molar-refractivity contribution < 1.29 is 14.2 Å². The van der Waals surface area contributed by atoms with Crippen LogP contribution in [0.3, 0.4) is 0 Å². The van der Waals surface area contributed by atoms with Gasteiger partial charge in [-0.25, -0.2) is 0 Å². The Hall–Kier alpha value is -1.29. The lowest BCUT2D eigenvalue weighted by Crippen LogP contribution is -2.06. The molecule has 4 heteroatoms. The molecule has 0 atom stereocenters. The minimum absolute atomic E-state index is 0.498. The number of aryl methyl sites for hydroxylation is 1. The number of hydrogen-bond acceptors (Lipinski definition) is 4. The van der Waals surface area contributed by atoms with Crippen molar-refractivity contribution in [2.45, 2.75) is 13.3 Å². The standard InChI is InChI=1S/C11H17NO3/c1-4-9-5-6-10(12-11(9)14-3)15-8-7-13-2/h5-6H,4,7-8H2,1-3H3. The summed E-state index contributed by atoms with van der Waals surface area (Å²) < 4.78 is 15.4. The Morgan fingerprint density at radius 2 is 2.00 bits per heavy atom. The van der Waals surface area contributed by atoms with Crippen molar-refractivity contribution in [3.63, 3.8) is 0 Å². The molecule has 4 nitrogen and oxygen atoms in total. The second-order valence-electron chi connectivity index (χ2n) is 3.01. The largest absolute Gasteiger partial charge is 0.481 e. The van der Waals surface area contributed by atoms with Gasteiger partial charge in [-0.1, -0.05) is 6.92 Å². The predicted molar refractivity (Wildman–Crippen MR) is 57.5 cm³/mol. The van der Waals surface area contributed by atoms with Gasteiger partial charge in [0.25, 0.3) is 0 Å². The molecule has 0 aromatic carbocycles. The minimum Gasteiger partial charge on any atom is -0.481 e. The Morgan fingerprint density at radius 1 is 1.20 bits per heavy atom. The zero-order chi connectivity index (χ0) is 11.1. The first-order chi connectivity index (χ1) is 7.31. The highest BCUT2D eigenvalue weighted by molar-refractivity contribution is 5.30. The summed E-state index contributed by atoms with van der Waals surface area (Å²) in [4.78, 5) is 4.23. The molecule has 1 heterocycles. The molecule has 0 aliphatic rings. The molecule has 0 amide bonds. The first kappa shape index (κ1) is 11.8. The topological polar surface area (TPSA) is 40.6 Å². The van der Waals surface area contributed by atoms with E-state index in [2.05, 4.69) is 11.9 Å². The molecule has 0 bridgehead atoms. The molecular weight excluding hydrogens is 194 g/mol. The Labute approximate surface area is 90.2 Å². The summed E-state index contributed by atoms with van der Waals surface area (Å²) in [5.41, 5.74) is 1.08. The van der Waals surface area contributed by atoms with Crippen molar-refractivity contribution in [3.05, 3.63) is 17.7 Å².